The Labute approximate surface area is 130 Å². The fraction of sp³-hybridized carbons (Fsp3) is 0.125. The molecule has 1 aromatic carbocycles. The van der Waals surface area contributed by atoms with E-state index in [9.17, 15) is 0 Å². The number of ether oxygens (including phenoxy) is 2. The molecule has 106 valence electrons. The number of hydrogen-bond donors (Lipinski definition) is 0. The number of fused-ring (bicyclic) bond motifs is 1. The molecule has 0 N–H and O–H groups in total. The predicted octanol–water partition coefficient (Wildman–Crippen LogP) is 4.50. The molecule has 0 bridgehead atoms. The number of aromatic nitrogens is 2. The molecule has 2 heterocycles. The summed E-state index contributed by atoms with van der Waals surface area (Å²) in [5.41, 5.74) is 2.59. The molecule has 2 aromatic heterocycles. The van der Waals surface area contributed by atoms with Crippen molar-refractivity contribution in [2.75, 3.05) is 7.11 Å². The van der Waals surface area contributed by atoms with Crippen molar-refractivity contribution >= 4 is 27.0 Å². The average molecular weight is 345 g/mol. The van der Waals surface area contributed by atoms with E-state index >= 15 is 0 Å². The minimum absolute atomic E-state index is 0.648. The first-order valence-corrected chi connectivity index (χ1v) is 7.19. The van der Waals surface area contributed by atoms with E-state index in [4.69, 9.17) is 9.47 Å². The van der Waals surface area contributed by atoms with E-state index in [1.54, 1.807) is 25.6 Å². The third-order valence-corrected chi connectivity index (χ3v) is 3.48. The van der Waals surface area contributed by atoms with E-state index < -0.39 is 0 Å². The molecule has 4 nitrogen and oxygen atoms in total. The van der Waals surface area contributed by atoms with Crippen LogP contribution in [-0.2, 0) is 0 Å². The van der Waals surface area contributed by atoms with Crippen molar-refractivity contribution in [3.05, 3.63) is 52.8 Å². The zero-order valence-corrected chi connectivity index (χ0v) is 13.2. The number of benzene rings is 1. The summed E-state index contributed by atoms with van der Waals surface area (Å²) in [6.45, 7) is 2.01. The van der Waals surface area contributed by atoms with Crippen molar-refractivity contribution in [3.63, 3.8) is 0 Å². The Morgan fingerprint density at radius 2 is 1.86 bits per heavy atom. The molecular weight excluding hydrogens is 332 g/mol. The van der Waals surface area contributed by atoms with Gasteiger partial charge in [-0.05, 0) is 46.6 Å². The third kappa shape index (κ3) is 2.83. The quantitative estimate of drug-likeness (QED) is 0.701. The number of pyridine rings is 2. The van der Waals surface area contributed by atoms with Crippen molar-refractivity contribution in [3.8, 4) is 17.2 Å². The number of halogens is 1. The maximum absolute atomic E-state index is 5.97. The van der Waals surface area contributed by atoms with Crippen LogP contribution in [0, 0.1) is 6.92 Å². The van der Waals surface area contributed by atoms with Gasteiger partial charge in [0.15, 0.2) is 17.2 Å². The van der Waals surface area contributed by atoms with Crippen LogP contribution in [0.4, 0.5) is 0 Å². The van der Waals surface area contributed by atoms with E-state index in [-0.39, 0.29) is 0 Å². The highest BCUT2D eigenvalue weighted by atomic mass is 79.9. The van der Waals surface area contributed by atoms with Crippen LogP contribution in [0.1, 0.15) is 5.56 Å². The summed E-state index contributed by atoms with van der Waals surface area (Å²) in [5.74, 6) is 1.99. The first-order chi connectivity index (χ1) is 10.2. The van der Waals surface area contributed by atoms with Gasteiger partial charge in [-0.15, -0.1) is 0 Å². The molecule has 0 unspecified atom stereocenters. The SMILES string of the molecule is COc1cc(C)ccc1Oc1ccnc2cc(Br)cnc12. The van der Waals surface area contributed by atoms with Gasteiger partial charge in [-0.1, -0.05) is 6.07 Å². The summed E-state index contributed by atoms with van der Waals surface area (Å²) in [5, 5.41) is 0. The fourth-order valence-corrected chi connectivity index (χ4v) is 2.36. The van der Waals surface area contributed by atoms with Gasteiger partial charge in [-0.25, -0.2) is 4.98 Å². The highest BCUT2D eigenvalue weighted by Crippen LogP contribution is 2.34. The monoisotopic (exact) mass is 344 g/mol. The highest BCUT2D eigenvalue weighted by Gasteiger charge is 2.10. The second kappa shape index (κ2) is 5.69. The molecule has 0 saturated heterocycles. The number of rotatable bonds is 3. The molecule has 0 amide bonds. The Kier molecular flexibility index (Phi) is 3.75. The number of methoxy groups -OCH3 is 1. The van der Waals surface area contributed by atoms with Crippen LogP contribution in [0.25, 0.3) is 11.0 Å². The highest BCUT2D eigenvalue weighted by molar-refractivity contribution is 9.10. The molecule has 3 aromatic rings. The van der Waals surface area contributed by atoms with Crippen LogP contribution in [-0.4, -0.2) is 17.1 Å². The molecule has 0 atom stereocenters. The van der Waals surface area contributed by atoms with Crippen LogP contribution in [0.5, 0.6) is 17.2 Å². The summed E-state index contributed by atoms with van der Waals surface area (Å²) >= 11 is 3.39. The maximum atomic E-state index is 5.97. The van der Waals surface area contributed by atoms with Gasteiger partial charge in [0.2, 0.25) is 0 Å². The average Bonchev–Trinajstić information content (AvgIpc) is 2.49. The largest absolute Gasteiger partial charge is 0.493 e. The first-order valence-electron chi connectivity index (χ1n) is 6.40. The van der Waals surface area contributed by atoms with Crippen LogP contribution in [0.2, 0.25) is 0 Å². The molecule has 0 saturated carbocycles. The Balaban J connectivity index is 2.06. The van der Waals surface area contributed by atoms with E-state index in [0.717, 1.165) is 15.6 Å². The summed E-state index contributed by atoms with van der Waals surface area (Å²) < 4.78 is 12.2. The fourth-order valence-electron chi connectivity index (χ4n) is 2.04. The number of nitrogens with zero attached hydrogens (tertiary/aromatic N) is 2. The maximum Gasteiger partial charge on any atom is 0.169 e. The van der Waals surface area contributed by atoms with Gasteiger partial charge < -0.3 is 9.47 Å². The van der Waals surface area contributed by atoms with E-state index in [2.05, 4.69) is 25.9 Å². The van der Waals surface area contributed by atoms with Gasteiger partial charge >= 0.3 is 0 Å². The van der Waals surface area contributed by atoms with Crippen molar-refractivity contribution in [1.29, 1.82) is 0 Å². The predicted molar refractivity (Wildman–Crippen MR) is 85.0 cm³/mol. The molecule has 0 aliphatic heterocycles. The molecule has 21 heavy (non-hydrogen) atoms. The third-order valence-electron chi connectivity index (χ3n) is 3.05. The van der Waals surface area contributed by atoms with E-state index in [1.165, 1.54) is 0 Å². The van der Waals surface area contributed by atoms with Crippen LogP contribution < -0.4 is 9.47 Å². The molecule has 0 aliphatic carbocycles. The molecule has 0 fully saturated rings. The van der Waals surface area contributed by atoms with Crippen LogP contribution in [0.3, 0.4) is 0 Å². The second-order valence-electron chi connectivity index (χ2n) is 4.59. The van der Waals surface area contributed by atoms with Crippen LogP contribution >= 0.6 is 15.9 Å². The molecular formula is C16H13BrN2O2. The first kappa shape index (κ1) is 13.8. The van der Waals surface area contributed by atoms with Gasteiger partial charge in [0.05, 0.1) is 12.6 Å². The van der Waals surface area contributed by atoms with Gasteiger partial charge in [0.25, 0.3) is 0 Å². The number of hydrogen-bond acceptors (Lipinski definition) is 4. The normalized spacial score (nSPS) is 10.6. The molecule has 0 radical (unpaired) electrons. The lowest BCUT2D eigenvalue weighted by Crippen LogP contribution is -1.93. The lowest BCUT2D eigenvalue weighted by atomic mass is 10.2. The molecule has 5 heteroatoms. The lowest BCUT2D eigenvalue weighted by Gasteiger charge is -2.12. The van der Waals surface area contributed by atoms with Crippen molar-refractivity contribution in [2.24, 2.45) is 0 Å². The Bertz CT molecular complexity index is 805. The van der Waals surface area contributed by atoms with E-state index in [1.807, 2.05) is 31.2 Å². The van der Waals surface area contributed by atoms with Crippen molar-refractivity contribution < 1.29 is 9.47 Å². The lowest BCUT2D eigenvalue weighted by molar-refractivity contribution is 0.379. The Hall–Kier alpha value is -2.14. The zero-order chi connectivity index (χ0) is 14.8. The van der Waals surface area contributed by atoms with Crippen molar-refractivity contribution in [1.82, 2.24) is 9.97 Å². The molecule has 0 aliphatic rings. The van der Waals surface area contributed by atoms with E-state index in [0.29, 0.717) is 22.8 Å². The minimum atomic E-state index is 0.648. The minimum Gasteiger partial charge on any atom is -0.493 e. The topological polar surface area (TPSA) is 44.2 Å². The zero-order valence-electron chi connectivity index (χ0n) is 11.6. The summed E-state index contributed by atoms with van der Waals surface area (Å²) in [4.78, 5) is 8.67. The van der Waals surface area contributed by atoms with Gasteiger partial charge in [-0.3, -0.25) is 4.98 Å². The summed E-state index contributed by atoms with van der Waals surface area (Å²) in [6.07, 6.45) is 3.43. The smallest absolute Gasteiger partial charge is 0.169 e. The van der Waals surface area contributed by atoms with Crippen molar-refractivity contribution in [2.45, 2.75) is 6.92 Å². The molecule has 0 spiro atoms. The number of aryl methyl sites for hydroxylation is 1. The second-order valence-corrected chi connectivity index (χ2v) is 5.50. The van der Waals surface area contributed by atoms with Gasteiger partial charge in [-0.2, -0.15) is 0 Å². The van der Waals surface area contributed by atoms with Crippen LogP contribution in [0.15, 0.2) is 47.2 Å². The van der Waals surface area contributed by atoms with Gasteiger partial charge in [0, 0.05) is 22.9 Å². The Morgan fingerprint density at radius 3 is 2.67 bits per heavy atom. The summed E-state index contributed by atoms with van der Waals surface area (Å²) in [7, 11) is 1.63. The molecule has 3 rings (SSSR count). The Morgan fingerprint density at radius 1 is 1.00 bits per heavy atom. The standard InChI is InChI=1S/C16H13BrN2O2/c1-10-3-4-13(15(7-10)20-2)21-14-5-6-18-12-8-11(17)9-19-16(12)14/h3-9H,1-2H3. The van der Waals surface area contributed by atoms with Gasteiger partial charge in [0.1, 0.15) is 5.52 Å². The summed E-state index contributed by atoms with van der Waals surface area (Å²) in [6, 6.07) is 9.50.